The molecule has 1 heterocycles. The molecule has 0 fully saturated rings. The highest BCUT2D eigenvalue weighted by Gasteiger charge is 2.22. The Labute approximate surface area is 224 Å². The van der Waals surface area contributed by atoms with Gasteiger partial charge in [-0.05, 0) is 60.2 Å². The summed E-state index contributed by atoms with van der Waals surface area (Å²) in [6, 6.07) is 26.6. The maximum atomic E-state index is 13.0. The number of benzene rings is 3. The first-order valence-corrected chi connectivity index (χ1v) is 13.7. The molecule has 3 aromatic carbocycles. The molecule has 188 valence electrons. The van der Waals surface area contributed by atoms with Crippen LogP contribution in [0.3, 0.4) is 0 Å². The number of hydrogen-bond donors (Lipinski definition) is 4. The largest absolute Gasteiger partial charge is 0.331 e. The maximum Gasteiger partial charge on any atom is 0.264 e. The highest BCUT2D eigenvalue weighted by molar-refractivity contribution is 8.00. The topological polar surface area (TPSA) is 125 Å². The van der Waals surface area contributed by atoms with Gasteiger partial charge in [0.05, 0.1) is 4.90 Å². The summed E-state index contributed by atoms with van der Waals surface area (Å²) in [5, 5.41) is 2.54. The second kappa shape index (κ2) is 12.3. The van der Waals surface area contributed by atoms with Gasteiger partial charge in [-0.1, -0.05) is 48.5 Å². The molecule has 37 heavy (non-hydrogen) atoms. The Balaban J connectivity index is 1.35. The molecule has 0 saturated heterocycles. The van der Waals surface area contributed by atoms with E-state index in [1.165, 1.54) is 36.3 Å². The monoisotopic (exact) mass is 550 g/mol. The first-order chi connectivity index (χ1) is 17.9. The fraction of sp³-hybridized carbons (Fsp3) is 0.0400. The molecule has 9 nitrogen and oxygen atoms in total. The number of hydrogen-bond acceptors (Lipinski definition) is 7. The predicted molar refractivity (Wildman–Crippen MR) is 148 cm³/mol. The predicted octanol–water partition coefficient (Wildman–Crippen LogP) is 4.13. The van der Waals surface area contributed by atoms with Gasteiger partial charge in [0.25, 0.3) is 15.9 Å². The summed E-state index contributed by atoms with van der Waals surface area (Å²) in [6.45, 7) is 0. The highest BCUT2D eigenvalue weighted by atomic mass is 32.2. The van der Waals surface area contributed by atoms with E-state index in [2.05, 4.69) is 30.9 Å². The van der Waals surface area contributed by atoms with Crippen molar-refractivity contribution in [2.45, 2.75) is 15.0 Å². The third-order valence-corrected chi connectivity index (χ3v) is 7.67. The Morgan fingerprint density at radius 1 is 0.811 bits per heavy atom. The molecule has 12 heteroatoms. The molecule has 1 aromatic heterocycles. The van der Waals surface area contributed by atoms with Crippen LogP contribution in [0.5, 0.6) is 0 Å². The van der Waals surface area contributed by atoms with Crippen molar-refractivity contribution in [3.05, 3.63) is 109 Å². The van der Waals surface area contributed by atoms with Crippen molar-refractivity contribution < 1.29 is 13.2 Å². The van der Waals surface area contributed by atoms with Crippen molar-refractivity contribution in [1.29, 1.82) is 0 Å². The molecule has 0 radical (unpaired) electrons. The van der Waals surface area contributed by atoms with Crippen LogP contribution in [0.2, 0.25) is 0 Å². The second-order valence-electron chi connectivity index (χ2n) is 7.49. The van der Waals surface area contributed by atoms with E-state index in [9.17, 15) is 13.2 Å². The summed E-state index contributed by atoms with van der Waals surface area (Å²) in [5.41, 5.74) is 6.73. The smallest absolute Gasteiger partial charge is 0.264 e. The van der Waals surface area contributed by atoms with Crippen LogP contribution in [0.1, 0.15) is 10.8 Å². The number of thiocarbonyl (C=S) groups is 1. The zero-order chi connectivity index (χ0) is 26.1. The van der Waals surface area contributed by atoms with Gasteiger partial charge in [-0.3, -0.25) is 15.6 Å². The van der Waals surface area contributed by atoms with Gasteiger partial charge < -0.3 is 5.32 Å². The van der Waals surface area contributed by atoms with E-state index in [-0.39, 0.29) is 21.9 Å². The first-order valence-electron chi connectivity index (χ1n) is 10.9. The number of carbonyl (C=O) groups is 1. The lowest BCUT2D eigenvalue weighted by molar-refractivity contribution is -0.121. The molecule has 0 saturated carbocycles. The summed E-state index contributed by atoms with van der Waals surface area (Å²) < 4.78 is 27.4. The molecule has 4 aromatic rings. The minimum Gasteiger partial charge on any atom is -0.331 e. The van der Waals surface area contributed by atoms with Gasteiger partial charge in [0.15, 0.2) is 5.11 Å². The lowest BCUT2D eigenvalue weighted by Gasteiger charge is -2.18. The van der Waals surface area contributed by atoms with Crippen LogP contribution in [0.25, 0.3) is 0 Å². The zero-order valence-corrected chi connectivity index (χ0v) is 21.7. The molecule has 0 aliphatic heterocycles. The number of nitrogens with one attached hydrogen (secondary N) is 4. The summed E-state index contributed by atoms with van der Waals surface area (Å²) in [5.74, 6) is -0.301. The minimum absolute atomic E-state index is 0.0231. The number of thioether (sulfide) groups is 1. The van der Waals surface area contributed by atoms with Crippen molar-refractivity contribution in [2.24, 2.45) is 0 Å². The number of sulfonamides is 1. The van der Waals surface area contributed by atoms with Gasteiger partial charge >= 0.3 is 0 Å². The van der Waals surface area contributed by atoms with Gasteiger partial charge in [0, 0.05) is 23.0 Å². The third kappa shape index (κ3) is 7.49. The molecule has 1 atom stereocenters. The van der Waals surface area contributed by atoms with Crippen molar-refractivity contribution >= 4 is 56.7 Å². The van der Waals surface area contributed by atoms with Gasteiger partial charge in [0.2, 0.25) is 5.95 Å². The fourth-order valence-corrected chi connectivity index (χ4v) is 5.30. The summed E-state index contributed by atoms with van der Waals surface area (Å²) in [4.78, 5) is 21.7. The molecule has 4 N–H and O–H groups in total. The van der Waals surface area contributed by atoms with Crippen LogP contribution in [0.15, 0.2) is 113 Å². The SMILES string of the molecule is O=C(NNC(=S)Nc1ccc(S(=O)(=O)Nc2ncccn2)cc1)C(Sc1ccccc1)c1ccccc1. The number of hydrazine groups is 1. The summed E-state index contributed by atoms with van der Waals surface area (Å²) in [6.07, 6.45) is 2.88. The second-order valence-corrected chi connectivity index (χ2v) is 10.8. The number of aromatic nitrogens is 2. The fourth-order valence-electron chi connectivity index (χ4n) is 3.13. The van der Waals surface area contributed by atoms with Crippen LogP contribution in [0.4, 0.5) is 11.6 Å². The van der Waals surface area contributed by atoms with Crippen LogP contribution in [0, 0.1) is 0 Å². The standard InChI is InChI=1S/C25H22N6O3S3/c32-23(22(18-8-3-1-4-9-18)36-20-10-5-2-6-11-20)29-30-25(35)28-19-12-14-21(15-13-19)37(33,34)31-24-26-16-7-17-27-24/h1-17,22H,(H,29,32)(H,26,27,31)(H2,28,30,35). The van der Waals surface area contributed by atoms with Gasteiger partial charge in [-0.15, -0.1) is 11.8 Å². The number of anilines is 2. The highest BCUT2D eigenvalue weighted by Crippen LogP contribution is 2.35. The number of carbonyl (C=O) groups excluding carboxylic acids is 1. The molecular weight excluding hydrogens is 529 g/mol. The van der Waals surface area contributed by atoms with Crippen LogP contribution in [-0.2, 0) is 14.8 Å². The number of nitrogens with zero attached hydrogens (tertiary/aromatic N) is 2. The average molecular weight is 551 g/mol. The van der Waals surface area contributed by atoms with Gasteiger partial charge in [-0.25, -0.2) is 23.1 Å². The van der Waals surface area contributed by atoms with E-state index >= 15 is 0 Å². The quantitative estimate of drug-likeness (QED) is 0.146. The number of rotatable bonds is 8. The Kier molecular flexibility index (Phi) is 8.67. The Bertz CT molecular complexity index is 1440. The molecule has 0 spiro atoms. The Morgan fingerprint density at radius 2 is 1.43 bits per heavy atom. The van der Waals surface area contributed by atoms with Crippen LogP contribution in [-0.4, -0.2) is 29.4 Å². The minimum atomic E-state index is -3.85. The normalized spacial score (nSPS) is 11.7. The zero-order valence-electron chi connectivity index (χ0n) is 19.2. The van der Waals surface area contributed by atoms with E-state index in [0.717, 1.165) is 10.5 Å². The molecule has 1 amide bonds. The van der Waals surface area contributed by atoms with Crippen molar-refractivity contribution in [3.8, 4) is 0 Å². The van der Waals surface area contributed by atoms with Gasteiger partial charge in [0.1, 0.15) is 5.25 Å². The first kappa shape index (κ1) is 26.1. The number of amides is 1. The summed E-state index contributed by atoms with van der Waals surface area (Å²) >= 11 is 6.71. The Hall–Kier alpha value is -4.00. The van der Waals surface area contributed by atoms with Gasteiger partial charge in [-0.2, -0.15) is 0 Å². The molecule has 1 unspecified atom stereocenters. The van der Waals surface area contributed by atoms with E-state index in [1.807, 2.05) is 60.7 Å². The maximum absolute atomic E-state index is 13.0. The van der Waals surface area contributed by atoms with Crippen molar-refractivity contribution in [3.63, 3.8) is 0 Å². The molecule has 0 bridgehead atoms. The molecule has 0 aliphatic carbocycles. The van der Waals surface area contributed by atoms with Crippen LogP contribution >= 0.6 is 24.0 Å². The van der Waals surface area contributed by atoms with E-state index in [0.29, 0.717) is 5.69 Å². The van der Waals surface area contributed by atoms with E-state index in [4.69, 9.17) is 12.2 Å². The molecular formula is C25H22N6O3S3. The van der Waals surface area contributed by atoms with E-state index in [1.54, 1.807) is 18.2 Å². The molecule has 4 rings (SSSR count). The van der Waals surface area contributed by atoms with Crippen molar-refractivity contribution in [1.82, 2.24) is 20.8 Å². The van der Waals surface area contributed by atoms with E-state index < -0.39 is 15.3 Å². The Morgan fingerprint density at radius 3 is 2.08 bits per heavy atom. The van der Waals surface area contributed by atoms with Crippen molar-refractivity contribution in [2.75, 3.05) is 10.0 Å². The third-order valence-electron chi connectivity index (χ3n) is 4.85. The summed E-state index contributed by atoms with van der Waals surface area (Å²) in [7, 11) is -3.85. The van der Waals surface area contributed by atoms with Crippen LogP contribution < -0.4 is 20.9 Å². The average Bonchev–Trinajstić information content (AvgIpc) is 2.92. The molecule has 0 aliphatic rings. The lowest BCUT2D eigenvalue weighted by atomic mass is 10.1. The lowest BCUT2D eigenvalue weighted by Crippen LogP contribution is -2.45.